The Labute approximate surface area is 104 Å². The summed E-state index contributed by atoms with van der Waals surface area (Å²) < 4.78 is 5.67. The van der Waals surface area contributed by atoms with E-state index in [4.69, 9.17) is 4.42 Å². The summed E-state index contributed by atoms with van der Waals surface area (Å²) in [5.41, 5.74) is 1.49. The molecule has 0 saturated carbocycles. The molecule has 18 heavy (non-hydrogen) atoms. The summed E-state index contributed by atoms with van der Waals surface area (Å²) >= 11 is 0. The molecule has 3 rings (SSSR count). The summed E-state index contributed by atoms with van der Waals surface area (Å²) in [7, 11) is 0. The number of aliphatic carboxylic acids is 1. The van der Waals surface area contributed by atoms with E-state index in [2.05, 4.69) is 10.3 Å². The molecule has 5 heteroatoms. The van der Waals surface area contributed by atoms with Gasteiger partial charge in [-0.15, -0.1) is 0 Å². The zero-order valence-corrected chi connectivity index (χ0v) is 9.80. The van der Waals surface area contributed by atoms with Gasteiger partial charge in [-0.05, 0) is 31.5 Å². The summed E-state index contributed by atoms with van der Waals surface area (Å²) in [6, 6.07) is 6.88. The van der Waals surface area contributed by atoms with Crippen molar-refractivity contribution in [1.82, 2.24) is 10.3 Å². The lowest BCUT2D eigenvalue weighted by Gasteiger charge is -2.27. The minimum atomic E-state index is -0.845. The second-order valence-corrected chi connectivity index (χ2v) is 4.54. The molecule has 2 atom stereocenters. The van der Waals surface area contributed by atoms with E-state index in [1.54, 1.807) is 0 Å². The molecule has 94 valence electrons. The van der Waals surface area contributed by atoms with Gasteiger partial charge in [-0.25, -0.2) is 4.98 Å². The van der Waals surface area contributed by atoms with Crippen LogP contribution in [0.4, 0.5) is 0 Å². The van der Waals surface area contributed by atoms with Crippen LogP contribution in [-0.2, 0) is 4.79 Å². The summed E-state index contributed by atoms with van der Waals surface area (Å²) in [4.78, 5) is 15.6. The van der Waals surface area contributed by atoms with Gasteiger partial charge in [0, 0.05) is 0 Å². The number of para-hydroxylation sites is 2. The van der Waals surface area contributed by atoms with Gasteiger partial charge in [0.05, 0.1) is 5.92 Å². The first-order valence-corrected chi connectivity index (χ1v) is 6.07. The second kappa shape index (κ2) is 4.42. The Morgan fingerprint density at radius 2 is 2.28 bits per heavy atom. The van der Waals surface area contributed by atoms with Gasteiger partial charge in [0.2, 0.25) is 5.89 Å². The number of benzene rings is 1. The number of rotatable bonds is 2. The predicted octanol–water partition coefficient (Wildman–Crippen LogP) is 1.75. The molecule has 1 saturated heterocycles. The zero-order valence-electron chi connectivity index (χ0n) is 9.80. The molecule has 2 unspecified atom stereocenters. The molecule has 1 aliphatic rings. The number of carbonyl (C=O) groups is 1. The Morgan fingerprint density at radius 3 is 3.06 bits per heavy atom. The number of fused-ring (bicyclic) bond motifs is 1. The van der Waals surface area contributed by atoms with Crippen molar-refractivity contribution >= 4 is 17.1 Å². The van der Waals surface area contributed by atoms with Crippen LogP contribution in [0.15, 0.2) is 28.7 Å². The number of hydrogen-bond donors (Lipinski definition) is 2. The predicted molar refractivity (Wildman–Crippen MR) is 65.4 cm³/mol. The number of piperidine rings is 1. The number of nitrogens with one attached hydrogen (secondary N) is 1. The van der Waals surface area contributed by atoms with Crippen LogP contribution in [0.5, 0.6) is 0 Å². The highest BCUT2D eigenvalue weighted by molar-refractivity contribution is 5.76. The van der Waals surface area contributed by atoms with E-state index in [1.165, 1.54) is 0 Å². The monoisotopic (exact) mass is 246 g/mol. The molecular formula is C13H14N2O3. The van der Waals surface area contributed by atoms with E-state index in [0.29, 0.717) is 11.5 Å². The Kier molecular flexibility index (Phi) is 2.76. The molecule has 2 aromatic rings. The molecule has 1 aliphatic heterocycles. The topological polar surface area (TPSA) is 75.4 Å². The van der Waals surface area contributed by atoms with Crippen LogP contribution in [0.3, 0.4) is 0 Å². The van der Waals surface area contributed by atoms with Crippen molar-refractivity contribution in [3.63, 3.8) is 0 Å². The number of hydrogen-bond acceptors (Lipinski definition) is 4. The quantitative estimate of drug-likeness (QED) is 0.844. The lowest BCUT2D eigenvalue weighted by molar-refractivity contribution is -0.140. The van der Waals surface area contributed by atoms with Crippen molar-refractivity contribution in [2.24, 2.45) is 0 Å². The minimum absolute atomic E-state index is 0.191. The summed E-state index contributed by atoms with van der Waals surface area (Å²) in [5, 5.41) is 12.2. The lowest BCUT2D eigenvalue weighted by Crippen LogP contribution is -2.45. The van der Waals surface area contributed by atoms with Crippen molar-refractivity contribution in [3.05, 3.63) is 30.2 Å². The van der Waals surface area contributed by atoms with Crippen molar-refractivity contribution in [3.8, 4) is 0 Å². The van der Waals surface area contributed by atoms with Gasteiger partial charge < -0.3 is 14.8 Å². The molecular weight excluding hydrogens is 232 g/mol. The van der Waals surface area contributed by atoms with Gasteiger partial charge in [0.25, 0.3) is 0 Å². The van der Waals surface area contributed by atoms with Crippen LogP contribution in [-0.4, -0.2) is 28.6 Å². The Bertz CT molecular complexity index is 545. The van der Waals surface area contributed by atoms with Gasteiger partial charge in [-0.3, -0.25) is 4.79 Å². The maximum absolute atomic E-state index is 11.2. The SMILES string of the molecule is O=C(O)C1NCCCC1c1nc2ccccc2o1. The number of oxazole rings is 1. The molecule has 0 aliphatic carbocycles. The molecule has 5 nitrogen and oxygen atoms in total. The first-order valence-electron chi connectivity index (χ1n) is 6.07. The van der Waals surface area contributed by atoms with Crippen molar-refractivity contribution in [2.45, 2.75) is 24.8 Å². The van der Waals surface area contributed by atoms with Crippen LogP contribution in [0.25, 0.3) is 11.1 Å². The van der Waals surface area contributed by atoms with E-state index in [-0.39, 0.29) is 5.92 Å². The van der Waals surface area contributed by atoms with Crippen LogP contribution < -0.4 is 5.32 Å². The number of carboxylic acids is 1. The number of aromatic nitrogens is 1. The van der Waals surface area contributed by atoms with E-state index < -0.39 is 12.0 Å². The van der Waals surface area contributed by atoms with E-state index >= 15 is 0 Å². The van der Waals surface area contributed by atoms with E-state index in [9.17, 15) is 9.90 Å². The first kappa shape index (κ1) is 11.2. The van der Waals surface area contributed by atoms with Gasteiger partial charge in [-0.2, -0.15) is 0 Å². The fraction of sp³-hybridized carbons (Fsp3) is 0.385. The highest BCUT2D eigenvalue weighted by Gasteiger charge is 2.34. The van der Waals surface area contributed by atoms with Gasteiger partial charge in [0.15, 0.2) is 5.58 Å². The van der Waals surface area contributed by atoms with Gasteiger partial charge >= 0.3 is 5.97 Å². The molecule has 1 fully saturated rings. The average Bonchev–Trinajstić information content (AvgIpc) is 2.82. The van der Waals surface area contributed by atoms with Gasteiger partial charge in [0.1, 0.15) is 11.6 Å². The maximum atomic E-state index is 11.2. The molecule has 1 aromatic heterocycles. The first-order chi connectivity index (χ1) is 8.75. The lowest BCUT2D eigenvalue weighted by atomic mass is 9.91. The Balaban J connectivity index is 1.98. The third-order valence-corrected chi connectivity index (χ3v) is 3.35. The van der Waals surface area contributed by atoms with Crippen LogP contribution in [0.2, 0.25) is 0 Å². The Morgan fingerprint density at radius 1 is 1.44 bits per heavy atom. The fourth-order valence-electron chi connectivity index (χ4n) is 2.46. The molecule has 1 aromatic carbocycles. The van der Waals surface area contributed by atoms with Crippen molar-refractivity contribution in [2.75, 3.05) is 6.54 Å². The minimum Gasteiger partial charge on any atom is -0.480 e. The molecule has 0 bridgehead atoms. The molecule has 0 amide bonds. The number of nitrogens with zero attached hydrogens (tertiary/aromatic N) is 1. The second-order valence-electron chi connectivity index (χ2n) is 4.54. The third kappa shape index (κ3) is 1.86. The fourth-order valence-corrected chi connectivity index (χ4v) is 2.46. The summed E-state index contributed by atoms with van der Waals surface area (Å²) in [6.45, 7) is 0.730. The normalized spacial score (nSPS) is 24.2. The number of carboxylic acid groups (broad SMARTS) is 1. The van der Waals surface area contributed by atoms with E-state index in [0.717, 1.165) is 24.9 Å². The zero-order chi connectivity index (χ0) is 12.5. The van der Waals surface area contributed by atoms with Crippen molar-refractivity contribution in [1.29, 1.82) is 0 Å². The average molecular weight is 246 g/mol. The standard InChI is InChI=1S/C13H14N2O3/c16-13(17)11-8(4-3-7-14-11)12-15-9-5-1-2-6-10(9)18-12/h1-2,5-6,8,11,14H,3-4,7H2,(H,16,17). The van der Waals surface area contributed by atoms with Gasteiger partial charge in [-0.1, -0.05) is 12.1 Å². The maximum Gasteiger partial charge on any atom is 0.321 e. The highest BCUT2D eigenvalue weighted by atomic mass is 16.4. The largest absolute Gasteiger partial charge is 0.480 e. The van der Waals surface area contributed by atoms with Crippen molar-refractivity contribution < 1.29 is 14.3 Å². The molecule has 0 radical (unpaired) electrons. The highest BCUT2D eigenvalue weighted by Crippen LogP contribution is 2.30. The van der Waals surface area contributed by atoms with Crippen LogP contribution in [0.1, 0.15) is 24.7 Å². The summed E-state index contributed by atoms with van der Waals surface area (Å²) in [6.07, 6.45) is 1.73. The molecule has 0 spiro atoms. The summed E-state index contributed by atoms with van der Waals surface area (Å²) in [5.74, 6) is -0.513. The van der Waals surface area contributed by atoms with Crippen LogP contribution in [0, 0.1) is 0 Å². The van der Waals surface area contributed by atoms with E-state index in [1.807, 2.05) is 24.3 Å². The third-order valence-electron chi connectivity index (χ3n) is 3.35. The molecule has 2 heterocycles. The smallest absolute Gasteiger partial charge is 0.321 e. The van der Waals surface area contributed by atoms with Crippen LogP contribution >= 0.6 is 0 Å². The molecule has 2 N–H and O–H groups in total. The Hall–Kier alpha value is -1.88.